The molecule has 0 radical (unpaired) electrons. The van der Waals surface area contributed by atoms with Crippen molar-refractivity contribution in [2.75, 3.05) is 5.73 Å². The number of anilines is 1. The number of nitrogens with zero attached hydrogens (tertiary/aromatic N) is 3. The van der Waals surface area contributed by atoms with Gasteiger partial charge < -0.3 is 5.73 Å². The minimum atomic E-state index is -5.01. The molecule has 0 bridgehead atoms. The molecule has 0 unspecified atom stereocenters. The normalized spacial score (nSPS) is 12.6. The van der Waals surface area contributed by atoms with Crippen molar-refractivity contribution in [2.45, 2.75) is 17.2 Å². The van der Waals surface area contributed by atoms with Gasteiger partial charge in [0.05, 0.1) is 28.7 Å². The van der Waals surface area contributed by atoms with E-state index < -0.39 is 44.1 Å². The van der Waals surface area contributed by atoms with E-state index >= 15 is 0 Å². The molecule has 194 valence electrons. The van der Waals surface area contributed by atoms with Crippen LogP contribution in [0.25, 0.3) is 22.0 Å². The van der Waals surface area contributed by atoms with E-state index in [4.69, 9.17) is 5.73 Å². The summed E-state index contributed by atoms with van der Waals surface area (Å²) in [5.74, 6) is 0. The number of rotatable bonds is 4. The maximum absolute atomic E-state index is 13.1. The molecule has 0 saturated heterocycles. The van der Waals surface area contributed by atoms with Crippen LogP contribution in [-0.2, 0) is 22.5 Å². The molecule has 0 aliphatic carbocycles. The number of azo groups is 1. The molecule has 0 atom stereocenters. The zero-order valence-corrected chi connectivity index (χ0v) is 19.0. The number of halogens is 6. The number of hydrogen-bond donors (Lipinski definition) is 2. The van der Waals surface area contributed by atoms with Crippen molar-refractivity contribution in [3.8, 4) is 11.3 Å². The van der Waals surface area contributed by atoms with Gasteiger partial charge >= 0.3 is 41.9 Å². The molecule has 0 spiro atoms. The standard InChI is InChI=1S/C23H14F6N4O3S.Na.H/c24-22(25,26)13-7-12(8-14(9-13)23(27,28)29)18-6-5-15(11-31-18)32-33-19-10-20(37(34,35)36)16-3-1-2-4-17(16)21(19)30;;/h1-11H,30H2,(H,34,35,36);;. The zero-order valence-electron chi connectivity index (χ0n) is 18.2. The van der Waals surface area contributed by atoms with E-state index in [9.17, 15) is 39.3 Å². The molecule has 7 nitrogen and oxygen atoms in total. The summed E-state index contributed by atoms with van der Waals surface area (Å²) in [6.45, 7) is 0. The van der Waals surface area contributed by atoms with Crippen LogP contribution in [0.15, 0.2) is 82.0 Å². The van der Waals surface area contributed by atoms with Crippen LogP contribution in [0.5, 0.6) is 0 Å². The summed E-state index contributed by atoms with van der Waals surface area (Å²) in [6, 6.07) is 10.6. The topological polar surface area (TPSA) is 118 Å². The number of nitrogen functional groups attached to an aromatic ring is 1. The van der Waals surface area contributed by atoms with Crippen LogP contribution in [-0.4, -0.2) is 47.5 Å². The average Bonchev–Trinajstić information content (AvgIpc) is 2.82. The Bertz CT molecular complexity index is 1610. The van der Waals surface area contributed by atoms with Gasteiger partial charge in [0.1, 0.15) is 16.3 Å². The fraction of sp³-hybridized carbons (Fsp3) is 0.0870. The van der Waals surface area contributed by atoms with E-state index in [2.05, 4.69) is 15.2 Å². The van der Waals surface area contributed by atoms with Crippen molar-refractivity contribution < 1.29 is 39.3 Å². The summed E-state index contributed by atoms with van der Waals surface area (Å²) in [7, 11) is -4.65. The Morgan fingerprint density at radius 3 is 1.89 bits per heavy atom. The van der Waals surface area contributed by atoms with Gasteiger partial charge in [0, 0.05) is 16.3 Å². The number of pyridine rings is 1. The predicted molar refractivity (Wildman–Crippen MR) is 129 cm³/mol. The van der Waals surface area contributed by atoms with Crippen molar-refractivity contribution >= 4 is 67.5 Å². The van der Waals surface area contributed by atoms with Crippen LogP contribution >= 0.6 is 0 Å². The quantitative estimate of drug-likeness (QED) is 0.0960. The van der Waals surface area contributed by atoms with Crippen LogP contribution in [0.3, 0.4) is 0 Å². The van der Waals surface area contributed by atoms with E-state index in [-0.39, 0.29) is 69.2 Å². The van der Waals surface area contributed by atoms with Crippen LogP contribution in [0.2, 0.25) is 0 Å². The van der Waals surface area contributed by atoms with Crippen LogP contribution in [0.4, 0.5) is 43.4 Å². The summed E-state index contributed by atoms with van der Waals surface area (Å²) in [6.07, 6.45) is -8.97. The summed E-state index contributed by atoms with van der Waals surface area (Å²) >= 11 is 0. The first-order valence-corrected chi connectivity index (χ1v) is 11.5. The first-order valence-electron chi connectivity index (χ1n) is 10.1. The fourth-order valence-electron chi connectivity index (χ4n) is 3.48. The van der Waals surface area contributed by atoms with Gasteiger partial charge in [-0.15, -0.1) is 10.2 Å². The summed E-state index contributed by atoms with van der Waals surface area (Å²) in [5, 5.41) is 8.19. The molecule has 1 aromatic heterocycles. The fourth-order valence-corrected chi connectivity index (χ4v) is 4.19. The summed E-state index contributed by atoms with van der Waals surface area (Å²) < 4.78 is 112. The molecule has 0 saturated carbocycles. The van der Waals surface area contributed by atoms with Gasteiger partial charge in [-0.3, -0.25) is 9.54 Å². The molecule has 4 aromatic rings. The molecule has 0 fully saturated rings. The third kappa shape index (κ3) is 6.32. The van der Waals surface area contributed by atoms with Crippen molar-refractivity contribution in [1.29, 1.82) is 0 Å². The van der Waals surface area contributed by atoms with Gasteiger partial charge in [0.15, 0.2) is 0 Å². The second-order valence-corrected chi connectivity index (χ2v) is 9.11. The number of hydrogen-bond acceptors (Lipinski definition) is 6. The van der Waals surface area contributed by atoms with E-state index in [0.29, 0.717) is 12.1 Å². The van der Waals surface area contributed by atoms with Gasteiger partial charge in [-0.2, -0.15) is 34.8 Å². The third-order valence-corrected chi connectivity index (χ3v) is 6.10. The van der Waals surface area contributed by atoms with Crippen molar-refractivity contribution in [3.63, 3.8) is 0 Å². The van der Waals surface area contributed by atoms with Gasteiger partial charge in [0.2, 0.25) is 0 Å². The second kappa shape index (κ2) is 10.6. The Morgan fingerprint density at radius 1 is 0.816 bits per heavy atom. The first-order chi connectivity index (χ1) is 17.1. The molecule has 4 rings (SSSR count). The summed E-state index contributed by atoms with van der Waals surface area (Å²) in [4.78, 5) is 3.43. The Kier molecular flexibility index (Phi) is 8.24. The molecular weight excluding hydrogens is 549 g/mol. The van der Waals surface area contributed by atoms with Crippen LogP contribution < -0.4 is 5.73 Å². The second-order valence-electron chi connectivity index (χ2n) is 7.72. The van der Waals surface area contributed by atoms with Crippen molar-refractivity contribution in [2.24, 2.45) is 10.2 Å². The molecule has 0 aliphatic rings. The number of aromatic nitrogens is 1. The average molecular weight is 564 g/mol. The first kappa shape index (κ1) is 29.5. The molecule has 38 heavy (non-hydrogen) atoms. The summed E-state index contributed by atoms with van der Waals surface area (Å²) in [5.41, 5.74) is 2.48. The van der Waals surface area contributed by atoms with E-state index in [0.717, 1.165) is 18.3 Å². The SMILES string of the molecule is Nc1c(N=Nc2ccc(-c3cc(C(F)(F)F)cc(C(F)(F)F)c3)nc2)cc(S(=O)(=O)O)c2ccccc12.[NaH]. The maximum atomic E-state index is 13.1. The molecular formula is C23H15F6N4NaO3S. The van der Waals surface area contributed by atoms with Gasteiger partial charge in [0.25, 0.3) is 10.1 Å². The third-order valence-electron chi connectivity index (χ3n) is 5.21. The van der Waals surface area contributed by atoms with Crippen LogP contribution in [0.1, 0.15) is 11.1 Å². The Morgan fingerprint density at radius 2 is 1.39 bits per heavy atom. The Labute approximate surface area is 233 Å². The minimum absolute atomic E-state index is 0. The molecule has 0 aliphatic heterocycles. The number of nitrogens with two attached hydrogens (primary N) is 1. The van der Waals surface area contributed by atoms with Gasteiger partial charge in [-0.1, -0.05) is 24.3 Å². The van der Waals surface area contributed by atoms with E-state index in [1.54, 1.807) is 12.1 Å². The number of benzene rings is 3. The van der Waals surface area contributed by atoms with Crippen molar-refractivity contribution in [3.05, 3.63) is 78.0 Å². The molecule has 15 heteroatoms. The van der Waals surface area contributed by atoms with E-state index in [1.165, 1.54) is 18.2 Å². The predicted octanol–water partition coefficient (Wildman–Crippen LogP) is 6.54. The molecule has 1 heterocycles. The zero-order chi connectivity index (χ0) is 27.2. The monoisotopic (exact) mass is 564 g/mol. The molecule has 0 amide bonds. The van der Waals surface area contributed by atoms with Gasteiger partial charge in [-0.25, -0.2) is 0 Å². The Hall–Kier alpha value is -3.04. The number of fused-ring (bicyclic) bond motifs is 1. The Balaban J connectivity index is 0.00000400. The molecule has 3 aromatic carbocycles. The van der Waals surface area contributed by atoms with Crippen molar-refractivity contribution in [1.82, 2.24) is 4.98 Å². The van der Waals surface area contributed by atoms with Gasteiger partial charge in [-0.05, 0) is 36.4 Å². The van der Waals surface area contributed by atoms with Crippen LogP contribution in [0, 0.1) is 0 Å². The molecule has 3 N–H and O–H groups in total. The number of alkyl halides is 6. The van der Waals surface area contributed by atoms with E-state index in [1.807, 2.05) is 0 Å².